The Morgan fingerprint density at radius 1 is 0.400 bits per heavy atom. The molecule has 0 nitrogen and oxygen atoms in total. The van der Waals surface area contributed by atoms with Gasteiger partial charge in [0.25, 0.3) is 0 Å². The number of rotatable bonds is 13. The highest BCUT2D eigenvalue weighted by molar-refractivity contribution is 7.47. The minimum absolute atomic E-state index is 0.0709. The fourth-order valence-electron chi connectivity index (χ4n) is 7.50. The summed E-state index contributed by atoms with van der Waals surface area (Å²) in [5.41, 5.74) is 16.6. The van der Waals surface area contributed by atoms with Crippen LogP contribution in [0.15, 0.2) is 48.5 Å². The second kappa shape index (κ2) is 20.1. The van der Waals surface area contributed by atoms with Crippen LogP contribution in [0.3, 0.4) is 0 Å². The largest absolute Gasteiger partial charge is 0.140 e. The first-order valence-corrected chi connectivity index (χ1v) is 26.1. The maximum absolute atomic E-state index is 3.71. The molecule has 0 radical (unpaired) electrons. The summed E-state index contributed by atoms with van der Waals surface area (Å²) in [7, 11) is 2.32. The second-order valence-corrected chi connectivity index (χ2v) is 27.6. The number of thiophene rings is 2. The zero-order valence-electron chi connectivity index (χ0n) is 41.1. The van der Waals surface area contributed by atoms with Crippen molar-refractivity contribution in [2.75, 3.05) is 0 Å². The van der Waals surface area contributed by atoms with Gasteiger partial charge in [0.1, 0.15) is 0 Å². The first-order valence-electron chi connectivity index (χ1n) is 22.7. The first kappa shape index (κ1) is 50.4. The Bertz CT molecular complexity index is 1950. The summed E-state index contributed by atoms with van der Waals surface area (Å²) in [5, 5.41) is 2.86. The van der Waals surface area contributed by atoms with E-state index in [1.54, 1.807) is 0 Å². The van der Waals surface area contributed by atoms with Gasteiger partial charge in [-0.15, -0.1) is 22.7 Å². The molecule has 0 aliphatic carbocycles. The van der Waals surface area contributed by atoms with E-state index < -0.39 is 0 Å². The molecule has 60 heavy (non-hydrogen) atoms. The molecule has 0 fully saturated rings. The molecule has 4 heteroatoms. The van der Waals surface area contributed by atoms with E-state index in [0.29, 0.717) is 0 Å². The molecule has 2 aromatic carbocycles. The van der Waals surface area contributed by atoms with E-state index in [9.17, 15) is 0 Å². The highest BCUT2D eigenvalue weighted by atomic mass is 32.1. The van der Waals surface area contributed by atoms with Gasteiger partial charge in [-0.25, -0.2) is 0 Å². The SMILES string of the molecule is CC(C)(C)c1cc(C(C)(C)C)c(P=C=Cc2ccc(CCCCCCCCc3ccc(C=C=Pc4c(C(C)(C)C)cc(C(C)(C)C)cc4C(C)(C)C)s3)s2)c(C(C)(C)C)c1. The fraction of sp³-hybridized carbons (Fsp3) is 0.571. The lowest BCUT2D eigenvalue weighted by atomic mass is 9.75. The van der Waals surface area contributed by atoms with Crippen LogP contribution in [0.5, 0.6) is 0 Å². The van der Waals surface area contributed by atoms with Crippen LogP contribution in [0, 0.1) is 0 Å². The van der Waals surface area contributed by atoms with E-state index in [1.165, 1.54) is 115 Å². The predicted molar refractivity (Wildman–Crippen MR) is 281 cm³/mol. The Kier molecular flexibility index (Phi) is 16.8. The summed E-state index contributed by atoms with van der Waals surface area (Å²) in [6.07, 6.45) is 14.7. The van der Waals surface area contributed by atoms with Crippen LogP contribution in [-0.2, 0) is 45.3 Å². The summed E-state index contributed by atoms with van der Waals surface area (Å²) < 4.78 is 0. The molecule has 326 valence electrons. The lowest BCUT2D eigenvalue weighted by molar-refractivity contribution is 0.553. The van der Waals surface area contributed by atoms with E-state index in [0.717, 1.165) is 16.4 Å². The van der Waals surface area contributed by atoms with Gasteiger partial charge in [-0.05, 0) is 132 Å². The molecule has 0 bridgehead atoms. The van der Waals surface area contributed by atoms with E-state index >= 15 is 0 Å². The van der Waals surface area contributed by atoms with Crippen molar-refractivity contribution in [1.29, 1.82) is 0 Å². The van der Waals surface area contributed by atoms with Crippen molar-refractivity contribution in [2.45, 2.75) is 208 Å². The normalized spacial score (nSPS) is 13.2. The Morgan fingerprint density at radius 2 is 0.683 bits per heavy atom. The second-order valence-electron chi connectivity index (χ2n) is 23.3. The summed E-state index contributed by atoms with van der Waals surface area (Å²) in [4.78, 5) is 5.64. The molecule has 2 heterocycles. The molecule has 0 atom stereocenters. The topological polar surface area (TPSA) is 0 Å². The lowest BCUT2D eigenvalue weighted by Crippen LogP contribution is -2.29. The summed E-state index contributed by atoms with van der Waals surface area (Å²) in [6, 6.07) is 19.1. The number of aryl methyl sites for hydroxylation is 2. The van der Waals surface area contributed by atoms with E-state index in [4.69, 9.17) is 0 Å². The van der Waals surface area contributed by atoms with Gasteiger partial charge in [-0.2, -0.15) is 0 Å². The van der Waals surface area contributed by atoms with Gasteiger partial charge >= 0.3 is 0 Å². The molecule has 0 aliphatic heterocycles. The molecule has 4 rings (SSSR count). The van der Waals surface area contributed by atoms with Crippen LogP contribution in [0.1, 0.15) is 216 Å². The van der Waals surface area contributed by atoms with E-state index in [1.807, 2.05) is 22.7 Å². The molecular formula is C56H80P2S2. The van der Waals surface area contributed by atoms with E-state index in [2.05, 4.69) is 196 Å². The standard InChI is InChI=1S/C56H80P2S2/c1-51(2,3)39-35-45(53(7,8)9)49(46(36-39)54(10,11)12)57-33-31-43-29-27-41(59-43)25-23-21-19-20-22-24-26-42-28-30-44(60-42)32-34-58-50-47(55(13,14)15)37-40(52(4,5)6)38-48(50)56(16,17)18/h27-32,35-38H,19-26H2,1-18H3. The molecule has 0 saturated carbocycles. The third-order valence-electron chi connectivity index (χ3n) is 11.4. The van der Waals surface area contributed by atoms with Crippen LogP contribution in [-0.4, -0.2) is 10.9 Å². The molecule has 0 aliphatic rings. The molecule has 0 unspecified atom stereocenters. The van der Waals surface area contributed by atoms with Gasteiger partial charge in [0.05, 0.1) is 0 Å². The van der Waals surface area contributed by atoms with Gasteiger partial charge < -0.3 is 0 Å². The average Bonchev–Trinajstić information content (AvgIpc) is 3.75. The maximum Gasteiger partial charge on any atom is 0.0353 e. The fourth-order valence-corrected chi connectivity index (χ4v) is 12.3. The zero-order chi connectivity index (χ0) is 44.9. The Hall–Kier alpha value is -2.26. The zero-order valence-corrected chi connectivity index (χ0v) is 44.6. The summed E-state index contributed by atoms with van der Waals surface area (Å²) >= 11 is 3.89. The van der Waals surface area contributed by atoms with Crippen LogP contribution >= 0.6 is 39.1 Å². The van der Waals surface area contributed by atoms with Crippen molar-refractivity contribution in [1.82, 2.24) is 0 Å². The predicted octanol–water partition coefficient (Wildman–Crippen LogP) is 17.1. The molecule has 0 N–H and O–H groups in total. The van der Waals surface area contributed by atoms with Crippen molar-refractivity contribution >= 4 is 72.7 Å². The van der Waals surface area contributed by atoms with Crippen LogP contribution in [0.2, 0.25) is 0 Å². The smallest absolute Gasteiger partial charge is 0.0353 e. The van der Waals surface area contributed by atoms with Crippen molar-refractivity contribution in [3.05, 3.63) is 101 Å². The Morgan fingerprint density at radius 3 is 0.950 bits per heavy atom. The van der Waals surface area contributed by atoms with Gasteiger partial charge in [0.15, 0.2) is 0 Å². The Balaban J connectivity index is 1.27. The minimum Gasteiger partial charge on any atom is -0.140 e. The van der Waals surface area contributed by atoms with Crippen molar-refractivity contribution in [2.24, 2.45) is 0 Å². The summed E-state index contributed by atoms with van der Waals surface area (Å²) in [5.74, 6) is 0. The third kappa shape index (κ3) is 14.7. The number of hydrogen-bond acceptors (Lipinski definition) is 2. The van der Waals surface area contributed by atoms with Crippen molar-refractivity contribution < 1.29 is 0 Å². The minimum atomic E-state index is 0.0709. The van der Waals surface area contributed by atoms with Gasteiger partial charge in [0, 0.05) is 42.3 Å². The molecule has 0 spiro atoms. The van der Waals surface area contributed by atoms with Crippen LogP contribution in [0.25, 0.3) is 12.2 Å². The van der Waals surface area contributed by atoms with Gasteiger partial charge in [0.2, 0.25) is 0 Å². The van der Waals surface area contributed by atoms with Crippen molar-refractivity contribution in [3.63, 3.8) is 0 Å². The molecular weight excluding hydrogens is 799 g/mol. The molecule has 0 amide bonds. The summed E-state index contributed by atoms with van der Waals surface area (Å²) in [6.45, 7) is 42.2. The van der Waals surface area contributed by atoms with Crippen molar-refractivity contribution in [3.8, 4) is 0 Å². The average molecular weight is 879 g/mol. The first-order chi connectivity index (χ1) is 27.5. The maximum atomic E-state index is 3.71. The third-order valence-corrected chi connectivity index (χ3v) is 15.5. The van der Waals surface area contributed by atoms with E-state index in [-0.39, 0.29) is 32.5 Å². The Labute approximate surface area is 380 Å². The lowest BCUT2D eigenvalue weighted by Gasteiger charge is -2.32. The highest BCUT2D eigenvalue weighted by Crippen LogP contribution is 2.37. The quantitative estimate of drug-likeness (QED) is 0.0927. The molecule has 4 aromatic rings. The molecule has 2 aromatic heterocycles. The number of unbranched alkanes of at least 4 members (excludes halogenated alkanes) is 5. The van der Waals surface area contributed by atoms with Crippen LogP contribution < -0.4 is 10.6 Å². The van der Waals surface area contributed by atoms with Gasteiger partial charge in [-0.1, -0.05) is 185 Å². The van der Waals surface area contributed by atoms with Gasteiger partial charge in [-0.3, -0.25) is 0 Å². The van der Waals surface area contributed by atoms with Crippen LogP contribution in [0.4, 0.5) is 0 Å². The highest BCUT2D eigenvalue weighted by Gasteiger charge is 2.30. The number of hydrogen-bond donors (Lipinski definition) is 0. The monoisotopic (exact) mass is 879 g/mol. The molecule has 0 saturated heterocycles. The number of benzene rings is 2.